The van der Waals surface area contributed by atoms with E-state index in [0.29, 0.717) is 18.0 Å². The van der Waals surface area contributed by atoms with Crippen molar-refractivity contribution in [3.8, 4) is 10.6 Å². The number of fused-ring (bicyclic) bond motifs is 1. The van der Waals surface area contributed by atoms with Crippen LogP contribution in [0.25, 0.3) is 10.6 Å². The third kappa shape index (κ3) is 3.03. The summed E-state index contributed by atoms with van der Waals surface area (Å²) in [4.78, 5) is 16.0. The molecule has 0 bridgehead atoms. The number of aromatic amines is 1. The summed E-state index contributed by atoms with van der Waals surface area (Å²) in [7, 11) is 0. The maximum Gasteiger partial charge on any atom is 0.274 e. The lowest BCUT2D eigenvalue weighted by molar-refractivity contribution is 0.0698. The number of amides is 1. The molecule has 3 aromatic heterocycles. The molecule has 1 aliphatic carbocycles. The molecular formula is C19H22N6O2S. The summed E-state index contributed by atoms with van der Waals surface area (Å²) in [5.74, 6) is 0.878. The molecule has 1 fully saturated rings. The molecule has 1 unspecified atom stereocenters. The standard InChI is InChI=1S/C19H22N6O2S/c1-11-9-15(27-23-11)18-16(22-24-28-18)12-5-4-8-25(10-12)19(26)17-13-6-2-3-7-14(13)20-21-17/h9,12H,2-8,10H2,1H3,(H,20,21). The number of nitrogens with zero attached hydrogens (tertiary/aromatic N) is 5. The average molecular weight is 398 g/mol. The van der Waals surface area contributed by atoms with Crippen LogP contribution in [0.1, 0.15) is 64.7 Å². The molecular weight excluding hydrogens is 376 g/mol. The number of carbonyl (C=O) groups excluding carboxylic acids is 1. The van der Waals surface area contributed by atoms with Crippen molar-refractivity contribution in [3.05, 3.63) is 34.4 Å². The normalized spacial score (nSPS) is 19.6. The first-order chi connectivity index (χ1) is 13.7. The minimum Gasteiger partial charge on any atom is -0.355 e. The molecule has 0 aromatic carbocycles. The maximum atomic E-state index is 13.2. The first kappa shape index (κ1) is 17.5. The van der Waals surface area contributed by atoms with Gasteiger partial charge in [-0.05, 0) is 57.0 Å². The number of carbonyl (C=O) groups is 1. The molecule has 1 saturated heterocycles. The van der Waals surface area contributed by atoms with Gasteiger partial charge < -0.3 is 9.42 Å². The first-order valence-electron chi connectivity index (χ1n) is 9.82. The number of aryl methyl sites for hydroxylation is 2. The van der Waals surface area contributed by atoms with Gasteiger partial charge >= 0.3 is 0 Å². The molecule has 0 radical (unpaired) electrons. The largest absolute Gasteiger partial charge is 0.355 e. The van der Waals surface area contributed by atoms with Gasteiger partial charge in [0.2, 0.25) is 0 Å². The number of H-pyrrole nitrogens is 1. The summed E-state index contributed by atoms with van der Waals surface area (Å²) in [6.07, 6.45) is 6.14. The fraction of sp³-hybridized carbons (Fsp3) is 0.526. The Morgan fingerprint density at radius 1 is 1.32 bits per heavy atom. The van der Waals surface area contributed by atoms with Gasteiger partial charge in [-0.3, -0.25) is 9.89 Å². The molecule has 146 valence electrons. The molecule has 0 spiro atoms. The van der Waals surface area contributed by atoms with Gasteiger partial charge in [0.1, 0.15) is 4.88 Å². The fourth-order valence-corrected chi connectivity index (χ4v) is 5.00. The van der Waals surface area contributed by atoms with Gasteiger partial charge in [-0.1, -0.05) is 9.64 Å². The Morgan fingerprint density at radius 2 is 2.21 bits per heavy atom. The lowest BCUT2D eigenvalue weighted by Gasteiger charge is -2.32. The number of nitrogens with one attached hydrogen (secondary N) is 1. The van der Waals surface area contributed by atoms with Crippen LogP contribution in [-0.2, 0) is 12.8 Å². The second-order valence-corrected chi connectivity index (χ2v) is 8.40. The van der Waals surface area contributed by atoms with E-state index in [4.69, 9.17) is 4.52 Å². The van der Waals surface area contributed by atoms with Crippen molar-refractivity contribution in [2.75, 3.05) is 13.1 Å². The fourth-order valence-electron chi connectivity index (χ4n) is 4.30. The Hall–Kier alpha value is -2.55. The Labute approximate surface area is 166 Å². The lowest BCUT2D eigenvalue weighted by Crippen LogP contribution is -2.40. The minimum absolute atomic E-state index is 0.0318. The third-order valence-electron chi connectivity index (χ3n) is 5.72. The van der Waals surface area contributed by atoms with Crippen LogP contribution in [-0.4, -0.2) is 48.8 Å². The minimum atomic E-state index is 0.0318. The van der Waals surface area contributed by atoms with E-state index in [1.165, 1.54) is 11.5 Å². The second kappa shape index (κ2) is 7.12. The molecule has 5 rings (SSSR count). The van der Waals surface area contributed by atoms with Gasteiger partial charge in [0, 0.05) is 36.3 Å². The van der Waals surface area contributed by atoms with Crippen molar-refractivity contribution in [1.29, 1.82) is 0 Å². The first-order valence-corrected chi connectivity index (χ1v) is 10.6. The number of aromatic nitrogens is 5. The van der Waals surface area contributed by atoms with E-state index in [2.05, 4.69) is 24.9 Å². The van der Waals surface area contributed by atoms with Crippen molar-refractivity contribution in [2.45, 2.75) is 51.4 Å². The highest BCUT2D eigenvalue weighted by molar-refractivity contribution is 7.09. The predicted octanol–water partition coefficient (Wildman–Crippen LogP) is 3.12. The number of piperidine rings is 1. The average Bonchev–Trinajstić information content (AvgIpc) is 3.46. The Bertz CT molecular complexity index is 1010. The maximum absolute atomic E-state index is 13.2. The number of likely N-dealkylation sites (tertiary alicyclic amines) is 1. The van der Waals surface area contributed by atoms with Crippen LogP contribution in [0.15, 0.2) is 10.6 Å². The van der Waals surface area contributed by atoms with Crippen molar-refractivity contribution < 1.29 is 9.32 Å². The highest BCUT2D eigenvalue weighted by atomic mass is 32.1. The van der Waals surface area contributed by atoms with Crippen molar-refractivity contribution in [3.63, 3.8) is 0 Å². The predicted molar refractivity (Wildman–Crippen MR) is 103 cm³/mol. The molecule has 3 aromatic rings. The van der Waals surface area contributed by atoms with Crippen LogP contribution in [0.4, 0.5) is 0 Å². The quantitative estimate of drug-likeness (QED) is 0.727. The van der Waals surface area contributed by atoms with Crippen LogP contribution in [0.5, 0.6) is 0 Å². The van der Waals surface area contributed by atoms with Gasteiger partial charge in [0.05, 0.1) is 11.4 Å². The molecule has 1 aliphatic heterocycles. The van der Waals surface area contributed by atoms with Crippen molar-refractivity contribution in [1.82, 2.24) is 29.8 Å². The van der Waals surface area contributed by atoms with E-state index in [9.17, 15) is 4.79 Å². The molecule has 0 saturated carbocycles. The summed E-state index contributed by atoms with van der Waals surface area (Å²) in [6, 6.07) is 1.90. The second-order valence-electron chi connectivity index (χ2n) is 7.65. The molecule has 1 atom stereocenters. The van der Waals surface area contributed by atoms with Crippen LogP contribution >= 0.6 is 11.5 Å². The summed E-state index contributed by atoms with van der Waals surface area (Å²) in [5, 5.41) is 15.8. The van der Waals surface area contributed by atoms with E-state index < -0.39 is 0 Å². The van der Waals surface area contributed by atoms with E-state index in [0.717, 1.165) is 72.6 Å². The summed E-state index contributed by atoms with van der Waals surface area (Å²) in [6.45, 7) is 3.28. The molecule has 9 heteroatoms. The number of rotatable bonds is 3. The van der Waals surface area contributed by atoms with Gasteiger partial charge in [-0.2, -0.15) is 5.10 Å². The summed E-state index contributed by atoms with van der Waals surface area (Å²) in [5.41, 5.74) is 4.60. The summed E-state index contributed by atoms with van der Waals surface area (Å²) >= 11 is 1.32. The molecule has 1 amide bonds. The van der Waals surface area contributed by atoms with Crippen LogP contribution in [0.2, 0.25) is 0 Å². The number of hydrogen-bond donors (Lipinski definition) is 1. The van der Waals surface area contributed by atoms with Crippen molar-refractivity contribution in [2.24, 2.45) is 0 Å². The zero-order chi connectivity index (χ0) is 19.1. The van der Waals surface area contributed by atoms with E-state index in [-0.39, 0.29) is 11.8 Å². The number of hydrogen-bond acceptors (Lipinski definition) is 7. The van der Waals surface area contributed by atoms with Gasteiger partial charge in [-0.15, -0.1) is 5.10 Å². The topological polar surface area (TPSA) is 101 Å². The summed E-state index contributed by atoms with van der Waals surface area (Å²) < 4.78 is 9.56. The SMILES string of the molecule is Cc1cc(-c2snnc2C2CCCN(C(=O)c3n[nH]c4c3CCCC4)C2)on1. The van der Waals surface area contributed by atoms with Gasteiger partial charge in [0.15, 0.2) is 11.5 Å². The molecule has 1 N–H and O–H groups in total. The molecule has 4 heterocycles. The zero-order valence-corrected chi connectivity index (χ0v) is 16.6. The third-order valence-corrected chi connectivity index (χ3v) is 6.48. The van der Waals surface area contributed by atoms with Crippen molar-refractivity contribution >= 4 is 17.4 Å². The molecule has 28 heavy (non-hydrogen) atoms. The van der Waals surface area contributed by atoms with E-state index in [1.807, 2.05) is 17.9 Å². The highest BCUT2D eigenvalue weighted by Crippen LogP contribution is 2.36. The van der Waals surface area contributed by atoms with Crippen LogP contribution in [0, 0.1) is 6.92 Å². The van der Waals surface area contributed by atoms with Crippen LogP contribution in [0.3, 0.4) is 0 Å². The Balaban J connectivity index is 1.38. The van der Waals surface area contributed by atoms with E-state index >= 15 is 0 Å². The molecule has 2 aliphatic rings. The van der Waals surface area contributed by atoms with Gasteiger partial charge in [0.25, 0.3) is 5.91 Å². The monoisotopic (exact) mass is 398 g/mol. The smallest absolute Gasteiger partial charge is 0.274 e. The lowest BCUT2D eigenvalue weighted by atomic mass is 9.92. The molecule has 8 nitrogen and oxygen atoms in total. The van der Waals surface area contributed by atoms with Crippen LogP contribution < -0.4 is 0 Å². The Morgan fingerprint density at radius 3 is 3.07 bits per heavy atom. The zero-order valence-electron chi connectivity index (χ0n) is 15.8. The Kier molecular flexibility index (Phi) is 4.46. The highest BCUT2D eigenvalue weighted by Gasteiger charge is 2.32. The van der Waals surface area contributed by atoms with Gasteiger partial charge in [-0.25, -0.2) is 0 Å². The van der Waals surface area contributed by atoms with E-state index in [1.54, 1.807) is 0 Å².